The van der Waals surface area contributed by atoms with Gasteiger partial charge in [0, 0.05) is 30.0 Å². The van der Waals surface area contributed by atoms with Crippen LogP contribution in [-0.4, -0.2) is 31.4 Å². The lowest BCUT2D eigenvalue weighted by Gasteiger charge is -2.28. The van der Waals surface area contributed by atoms with Crippen molar-refractivity contribution in [2.75, 3.05) is 29.9 Å². The van der Waals surface area contributed by atoms with E-state index in [-0.39, 0.29) is 18.4 Å². The first-order chi connectivity index (χ1) is 12.6. The molecule has 0 spiro atoms. The van der Waals surface area contributed by atoms with E-state index < -0.39 is 0 Å². The molecule has 0 saturated carbocycles. The topological polar surface area (TPSA) is 61.4 Å². The van der Waals surface area contributed by atoms with Gasteiger partial charge in [-0.25, -0.2) is 0 Å². The summed E-state index contributed by atoms with van der Waals surface area (Å²) < 4.78 is 0. The average molecular weight is 351 g/mol. The maximum absolute atomic E-state index is 12.1. The molecule has 136 valence electrons. The van der Waals surface area contributed by atoms with E-state index in [9.17, 15) is 9.59 Å². The molecule has 1 heterocycles. The zero-order chi connectivity index (χ0) is 18.4. The Bertz CT molecular complexity index is 748. The predicted molar refractivity (Wildman–Crippen MR) is 105 cm³/mol. The largest absolute Gasteiger partial charge is 0.372 e. The van der Waals surface area contributed by atoms with Gasteiger partial charge < -0.3 is 15.5 Å². The number of carbonyl (C=O) groups excluding carboxylic acids is 2. The zero-order valence-electron chi connectivity index (χ0n) is 15.1. The summed E-state index contributed by atoms with van der Waals surface area (Å²) >= 11 is 0. The van der Waals surface area contributed by atoms with Crippen molar-refractivity contribution in [3.05, 3.63) is 59.7 Å². The highest BCUT2D eigenvalue weighted by molar-refractivity contribution is 5.99. The van der Waals surface area contributed by atoms with Crippen LogP contribution in [0.1, 0.15) is 35.2 Å². The first-order valence-electron chi connectivity index (χ1n) is 9.11. The third-order valence-corrected chi connectivity index (χ3v) is 4.60. The fourth-order valence-corrected chi connectivity index (χ4v) is 3.08. The molecular weight excluding hydrogens is 326 g/mol. The molecular formula is C21H25N3O2. The van der Waals surface area contributed by atoms with Crippen LogP contribution in [0.4, 0.5) is 11.4 Å². The van der Waals surface area contributed by atoms with Gasteiger partial charge in [-0.3, -0.25) is 9.59 Å². The van der Waals surface area contributed by atoms with E-state index in [4.69, 9.17) is 0 Å². The number of nitrogens with one attached hydrogen (secondary N) is 2. The van der Waals surface area contributed by atoms with Crippen molar-refractivity contribution in [1.82, 2.24) is 5.32 Å². The van der Waals surface area contributed by atoms with Gasteiger partial charge in [0.15, 0.2) is 0 Å². The SMILES string of the molecule is Cc1ccc(C(=O)NCC(=O)Nc2ccc(N3CCCCC3)cc2)cc1. The molecule has 1 saturated heterocycles. The number of piperidine rings is 1. The number of carbonyl (C=O) groups is 2. The lowest BCUT2D eigenvalue weighted by atomic mass is 10.1. The summed E-state index contributed by atoms with van der Waals surface area (Å²) in [7, 11) is 0. The van der Waals surface area contributed by atoms with Crippen molar-refractivity contribution in [2.45, 2.75) is 26.2 Å². The molecule has 5 heteroatoms. The molecule has 0 radical (unpaired) electrons. The lowest BCUT2D eigenvalue weighted by molar-refractivity contribution is -0.115. The predicted octanol–water partition coefficient (Wildman–Crippen LogP) is 3.35. The van der Waals surface area contributed by atoms with E-state index >= 15 is 0 Å². The Morgan fingerprint density at radius 1 is 0.923 bits per heavy atom. The van der Waals surface area contributed by atoms with Crippen LogP contribution < -0.4 is 15.5 Å². The normalized spacial score (nSPS) is 14.0. The number of hydrogen-bond acceptors (Lipinski definition) is 3. The first-order valence-corrected chi connectivity index (χ1v) is 9.11. The van der Waals surface area contributed by atoms with Crippen molar-refractivity contribution in [3.63, 3.8) is 0 Å². The molecule has 26 heavy (non-hydrogen) atoms. The van der Waals surface area contributed by atoms with Crippen LogP contribution in [0.25, 0.3) is 0 Å². The average Bonchev–Trinajstić information content (AvgIpc) is 2.68. The Hall–Kier alpha value is -2.82. The van der Waals surface area contributed by atoms with Crippen LogP contribution in [0, 0.1) is 6.92 Å². The lowest BCUT2D eigenvalue weighted by Crippen LogP contribution is -2.32. The zero-order valence-corrected chi connectivity index (χ0v) is 15.1. The van der Waals surface area contributed by atoms with Gasteiger partial charge in [0.25, 0.3) is 5.91 Å². The van der Waals surface area contributed by atoms with Crippen LogP contribution >= 0.6 is 0 Å². The number of benzene rings is 2. The third kappa shape index (κ3) is 4.85. The molecule has 0 aliphatic carbocycles. The highest BCUT2D eigenvalue weighted by Gasteiger charge is 2.11. The van der Waals surface area contributed by atoms with Gasteiger partial charge in [-0.05, 0) is 62.6 Å². The highest BCUT2D eigenvalue weighted by Crippen LogP contribution is 2.21. The summed E-state index contributed by atoms with van der Waals surface area (Å²) in [5, 5.41) is 5.46. The van der Waals surface area contributed by atoms with Crippen molar-refractivity contribution >= 4 is 23.2 Å². The van der Waals surface area contributed by atoms with Gasteiger partial charge in [0.05, 0.1) is 6.54 Å². The number of rotatable bonds is 5. The molecule has 3 rings (SSSR count). The summed E-state index contributed by atoms with van der Waals surface area (Å²) in [4.78, 5) is 26.5. The molecule has 2 aromatic carbocycles. The Balaban J connectivity index is 1.48. The Morgan fingerprint density at radius 2 is 1.58 bits per heavy atom. The standard InChI is InChI=1S/C21H25N3O2/c1-16-5-7-17(8-6-16)21(26)22-15-20(25)23-18-9-11-19(12-10-18)24-13-3-2-4-14-24/h5-12H,2-4,13-15H2,1H3,(H,22,26)(H,23,25). The van der Waals surface area contributed by atoms with Gasteiger partial charge in [-0.1, -0.05) is 17.7 Å². The first kappa shape index (κ1) is 18.0. The van der Waals surface area contributed by atoms with E-state index in [2.05, 4.69) is 15.5 Å². The maximum atomic E-state index is 12.1. The number of anilines is 2. The second kappa shape index (κ2) is 8.52. The second-order valence-electron chi connectivity index (χ2n) is 6.69. The van der Waals surface area contributed by atoms with Crippen LogP contribution in [0.2, 0.25) is 0 Å². The monoisotopic (exact) mass is 351 g/mol. The van der Waals surface area contributed by atoms with E-state index in [0.29, 0.717) is 5.56 Å². The minimum absolute atomic E-state index is 0.0550. The van der Waals surface area contributed by atoms with Gasteiger partial charge in [-0.15, -0.1) is 0 Å². The van der Waals surface area contributed by atoms with E-state index in [0.717, 1.165) is 24.3 Å². The molecule has 0 unspecified atom stereocenters. The molecule has 2 aromatic rings. The maximum Gasteiger partial charge on any atom is 0.251 e. The molecule has 2 amide bonds. The molecule has 0 bridgehead atoms. The molecule has 0 aromatic heterocycles. The van der Waals surface area contributed by atoms with Crippen LogP contribution in [0.15, 0.2) is 48.5 Å². The Morgan fingerprint density at radius 3 is 2.23 bits per heavy atom. The molecule has 0 atom stereocenters. The summed E-state index contributed by atoms with van der Waals surface area (Å²) in [5.74, 6) is -0.489. The van der Waals surface area contributed by atoms with E-state index in [1.165, 1.54) is 24.9 Å². The molecule has 2 N–H and O–H groups in total. The van der Waals surface area contributed by atoms with Gasteiger partial charge in [0.2, 0.25) is 5.91 Å². The highest BCUT2D eigenvalue weighted by atomic mass is 16.2. The summed E-state index contributed by atoms with van der Waals surface area (Å²) in [5.41, 5.74) is 3.57. The van der Waals surface area contributed by atoms with Crippen molar-refractivity contribution in [2.24, 2.45) is 0 Å². The van der Waals surface area contributed by atoms with Crippen molar-refractivity contribution in [1.29, 1.82) is 0 Å². The number of hydrogen-bond donors (Lipinski definition) is 2. The Kier molecular flexibility index (Phi) is 5.89. The van der Waals surface area contributed by atoms with Crippen molar-refractivity contribution in [3.8, 4) is 0 Å². The molecule has 5 nitrogen and oxygen atoms in total. The van der Waals surface area contributed by atoms with E-state index in [1.807, 2.05) is 43.3 Å². The Labute approximate surface area is 154 Å². The summed E-state index contributed by atoms with van der Waals surface area (Å²) in [6.07, 6.45) is 3.78. The second-order valence-corrected chi connectivity index (χ2v) is 6.69. The third-order valence-electron chi connectivity index (χ3n) is 4.60. The summed E-state index contributed by atoms with van der Waals surface area (Å²) in [6.45, 7) is 4.10. The van der Waals surface area contributed by atoms with Crippen LogP contribution in [-0.2, 0) is 4.79 Å². The van der Waals surface area contributed by atoms with E-state index in [1.54, 1.807) is 12.1 Å². The van der Waals surface area contributed by atoms with Gasteiger partial charge in [0.1, 0.15) is 0 Å². The van der Waals surface area contributed by atoms with Crippen LogP contribution in [0.5, 0.6) is 0 Å². The summed E-state index contributed by atoms with van der Waals surface area (Å²) in [6, 6.07) is 15.1. The molecule has 1 aliphatic rings. The number of aryl methyl sites for hydroxylation is 1. The van der Waals surface area contributed by atoms with Gasteiger partial charge in [-0.2, -0.15) is 0 Å². The van der Waals surface area contributed by atoms with Crippen molar-refractivity contribution < 1.29 is 9.59 Å². The van der Waals surface area contributed by atoms with Crippen LogP contribution in [0.3, 0.4) is 0 Å². The fraction of sp³-hybridized carbons (Fsp3) is 0.333. The molecule has 1 fully saturated rings. The fourth-order valence-electron chi connectivity index (χ4n) is 3.08. The number of nitrogens with zero attached hydrogens (tertiary/aromatic N) is 1. The quantitative estimate of drug-likeness (QED) is 0.868. The molecule has 1 aliphatic heterocycles. The smallest absolute Gasteiger partial charge is 0.251 e. The minimum atomic E-state index is -0.249. The van der Waals surface area contributed by atoms with Gasteiger partial charge >= 0.3 is 0 Å². The minimum Gasteiger partial charge on any atom is -0.372 e. The number of amides is 2.